The first-order valence-electron chi connectivity index (χ1n) is 8.09. The molecule has 2 aromatic rings. The van der Waals surface area contributed by atoms with Crippen molar-refractivity contribution < 1.29 is 24.3 Å². The highest BCUT2D eigenvalue weighted by atomic mass is 35.5. The first kappa shape index (κ1) is 20.9. The molecule has 2 N–H and O–H groups in total. The molecule has 7 nitrogen and oxygen atoms in total. The Kier molecular flexibility index (Phi) is 6.26. The molecule has 1 aliphatic rings. The lowest BCUT2D eigenvalue weighted by Gasteiger charge is -2.12. The van der Waals surface area contributed by atoms with Gasteiger partial charge in [-0.25, -0.2) is 4.79 Å². The fourth-order valence-electron chi connectivity index (χ4n) is 2.45. The highest BCUT2D eigenvalue weighted by Gasteiger charge is 2.36. The molecule has 1 aliphatic heterocycles. The molecular weight excluding hydrogens is 439 g/mol. The largest absolute Gasteiger partial charge is 0.478 e. The van der Waals surface area contributed by atoms with Gasteiger partial charge in [0.1, 0.15) is 6.54 Å². The van der Waals surface area contributed by atoms with Gasteiger partial charge in [-0.15, -0.1) is 0 Å². The second kappa shape index (κ2) is 8.69. The summed E-state index contributed by atoms with van der Waals surface area (Å²) in [6, 6.07) is 10.4. The van der Waals surface area contributed by atoms with Gasteiger partial charge in [0.05, 0.1) is 20.5 Å². The average Bonchev–Trinajstić information content (AvgIpc) is 2.93. The van der Waals surface area contributed by atoms with Gasteiger partial charge in [-0.05, 0) is 53.7 Å². The van der Waals surface area contributed by atoms with Gasteiger partial charge in [0.2, 0.25) is 5.91 Å². The molecule has 0 aromatic heterocycles. The number of benzene rings is 2. The van der Waals surface area contributed by atoms with Crippen LogP contribution in [-0.4, -0.2) is 39.6 Å². The number of carbonyl (C=O) groups excluding carboxylic acids is 3. The predicted molar refractivity (Wildman–Crippen MR) is 111 cm³/mol. The summed E-state index contributed by atoms with van der Waals surface area (Å²) in [4.78, 5) is 48.7. The molecule has 3 rings (SSSR count). The van der Waals surface area contributed by atoms with Gasteiger partial charge in [0.15, 0.2) is 0 Å². The molecule has 0 bridgehead atoms. The van der Waals surface area contributed by atoms with Gasteiger partial charge >= 0.3 is 5.97 Å². The standard InChI is InChI=1S/C19H12Cl2N2O5S/c20-13-3-1-2-11(16(13)21)8-14-17(25)23(19(28)29-14)9-15(24)22-12-6-4-10(5-7-12)18(26)27/h1-8H,9H2,(H,22,24)(H,26,27)/b14-8-. The van der Waals surface area contributed by atoms with Crippen LogP contribution < -0.4 is 5.32 Å². The Morgan fingerprint density at radius 3 is 2.45 bits per heavy atom. The van der Waals surface area contributed by atoms with E-state index in [4.69, 9.17) is 28.3 Å². The fraction of sp³-hybridized carbons (Fsp3) is 0.0526. The van der Waals surface area contributed by atoms with Crippen LogP contribution in [0.2, 0.25) is 10.0 Å². The van der Waals surface area contributed by atoms with Crippen LogP contribution in [0.3, 0.4) is 0 Å². The van der Waals surface area contributed by atoms with Gasteiger partial charge in [0, 0.05) is 5.69 Å². The van der Waals surface area contributed by atoms with Crippen LogP contribution in [0.1, 0.15) is 15.9 Å². The van der Waals surface area contributed by atoms with E-state index in [0.29, 0.717) is 28.0 Å². The Labute approximate surface area is 179 Å². The summed E-state index contributed by atoms with van der Waals surface area (Å²) in [6.07, 6.45) is 1.45. The number of nitrogens with zero attached hydrogens (tertiary/aromatic N) is 1. The lowest BCUT2D eigenvalue weighted by Crippen LogP contribution is -2.36. The number of nitrogens with one attached hydrogen (secondary N) is 1. The number of aromatic carboxylic acids is 1. The maximum absolute atomic E-state index is 12.5. The second-order valence-electron chi connectivity index (χ2n) is 5.84. The van der Waals surface area contributed by atoms with Crippen molar-refractivity contribution in [1.82, 2.24) is 4.90 Å². The number of halogens is 2. The molecule has 0 aliphatic carbocycles. The number of thioether (sulfide) groups is 1. The minimum Gasteiger partial charge on any atom is -0.478 e. The molecule has 148 valence electrons. The third kappa shape index (κ3) is 4.79. The van der Waals surface area contributed by atoms with Crippen molar-refractivity contribution in [1.29, 1.82) is 0 Å². The highest BCUT2D eigenvalue weighted by Crippen LogP contribution is 2.34. The van der Waals surface area contributed by atoms with Crippen molar-refractivity contribution in [2.75, 3.05) is 11.9 Å². The summed E-state index contributed by atoms with van der Waals surface area (Å²) in [5.41, 5.74) is 0.889. The quantitative estimate of drug-likeness (QED) is 0.655. The number of imide groups is 1. The number of anilines is 1. The molecule has 29 heavy (non-hydrogen) atoms. The smallest absolute Gasteiger partial charge is 0.335 e. The summed E-state index contributed by atoms with van der Waals surface area (Å²) < 4.78 is 0. The SMILES string of the molecule is O=C(CN1C(=O)S/C(=C\c2cccc(Cl)c2Cl)C1=O)Nc1ccc(C(=O)O)cc1. The average molecular weight is 451 g/mol. The molecule has 0 spiro atoms. The second-order valence-corrected chi connectivity index (χ2v) is 7.62. The van der Waals surface area contributed by atoms with Gasteiger partial charge < -0.3 is 10.4 Å². The minimum atomic E-state index is -1.09. The Bertz CT molecular complexity index is 1050. The van der Waals surface area contributed by atoms with E-state index in [1.807, 2.05) is 0 Å². The Balaban J connectivity index is 1.69. The van der Waals surface area contributed by atoms with E-state index in [2.05, 4.69) is 5.32 Å². The lowest BCUT2D eigenvalue weighted by atomic mass is 10.2. The number of rotatable bonds is 5. The third-order valence-electron chi connectivity index (χ3n) is 3.86. The van der Waals surface area contributed by atoms with Crippen LogP contribution in [0.15, 0.2) is 47.4 Å². The maximum Gasteiger partial charge on any atom is 0.335 e. The van der Waals surface area contributed by atoms with E-state index in [9.17, 15) is 19.2 Å². The monoisotopic (exact) mass is 450 g/mol. The summed E-state index contributed by atoms with van der Waals surface area (Å²) in [5, 5.41) is 11.4. The van der Waals surface area contributed by atoms with E-state index in [1.54, 1.807) is 18.2 Å². The number of amides is 3. The van der Waals surface area contributed by atoms with E-state index in [-0.39, 0.29) is 15.5 Å². The number of hydrogen-bond donors (Lipinski definition) is 2. The van der Waals surface area contributed by atoms with Crippen LogP contribution >= 0.6 is 35.0 Å². The predicted octanol–water partition coefficient (Wildman–Crippen LogP) is 4.37. The Hall–Kier alpha value is -2.81. The number of carboxylic acids is 1. The zero-order chi connectivity index (χ0) is 21.1. The number of hydrogen-bond acceptors (Lipinski definition) is 5. The lowest BCUT2D eigenvalue weighted by molar-refractivity contribution is -0.127. The molecule has 1 fully saturated rings. The van der Waals surface area contributed by atoms with Crippen molar-refractivity contribution >= 4 is 69.8 Å². The molecule has 3 amide bonds. The normalized spacial score (nSPS) is 15.1. The maximum atomic E-state index is 12.5. The topological polar surface area (TPSA) is 104 Å². The summed E-state index contributed by atoms with van der Waals surface area (Å²) in [5.74, 6) is -2.31. The van der Waals surface area contributed by atoms with Gasteiger partial charge in [-0.2, -0.15) is 0 Å². The number of carboxylic acid groups (broad SMARTS) is 1. The molecule has 0 saturated carbocycles. The first-order chi connectivity index (χ1) is 13.8. The van der Waals surface area contributed by atoms with Crippen molar-refractivity contribution in [3.63, 3.8) is 0 Å². The van der Waals surface area contributed by atoms with E-state index >= 15 is 0 Å². The molecule has 1 heterocycles. The van der Waals surface area contributed by atoms with E-state index in [0.717, 1.165) is 4.90 Å². The van der Waals surface area contributed by atoms with Crippen molar-refractivity contribution in [2.24, 2.45) is 0 Å². The molecule has 1 saturated heterocycles. The number of carbonyl (C=O) groups is 4. The van der Waals surface area contributed by atoms with Gasteiger partial charge in [0.25, 0.3) is 11.1 Å². The first-order valence-corrected chi connectivity index (χ1v) is 9.66. The van der Waals surface area contributed by atoms with Crippen molar-refractivity contribution in [3.8, 4) is 0 Å². The molecule has 10 heteroatoms. The van der Waals surface area contributed by atoms with Crippen molar-refractivity contribution in [2.45, 2.75) is 0 Å². The summed E-state index contributed by atoms with van der Waals surface area (Å²) >= 11 is 12.7. The van der Waals surface area contributed by atoms with E-state index < -0.39 is 29.6 Å². The van der Waals surface area contributed by atoms with Crippen LogP contribution in [-0.2, 0) is 9.59 Å². The zero-order valence-electron chi connectivity index (χ0n) is 14.5. The molecule has 0 radical (unpaired) electrons. The van der Waals surface area contributed by atoms with Gasteiger partial charge in [-0.1, -0.05) is 35.3 Å². The molecule has 2 aromatic carbocycles. The fourth-order valence-corrected chi connectivity index (χ4v) is 3.64. The summed E-state index contributed by atoms with van der Waals surface area (Å²) in [7, 11) is 0. The Morgan fingerprint density at radius 2 is 1.79 bits per heavy atom. The van der Waals surface area contributed by atoms with Crippen molar-refractivity contribution in [3.05, 3.63) is 68.5 Å². The molecule has 0 atom stereocenters. The van der Waals surface area contributed by atoms with Crippen LogP contribution in [0.4, 0.5) is 10.5 Å². The summed E-state index contributed by atoms with van der Waals surface area (Å²) in [6.45, 7) is -0.480. The zero-order valence-corrected chi connectivity index (χ0v) is 16.8. The minimum absolute atomic E-state index is 0.0683. The van der Waals surface area contributed by atoms with Crippen LogP contribution in [0.5, 0.6) is 0 Å². The third-order valence-corrected chi connectivity index (χ3v) is 5.60. The highest BCUT2D eigenvalue weighted by molar-refractivity contribution is 8.18. The van der Waals surface area contributed by atoms with Crippen LogP contribution in [0, 0.1) is 0 Å². The van der Waals surface area contributed by atoms with E-state index in [1.165, 1.54) is 30.3 Å². The van der Waals surface area contributed by atoms with Crippen LogP contribution in [0.25, 0.3) is 6.08 Å². The molecule has 0 unspecified atom stereocenters. The Morgan fingerprint density at radius 1 is 1.10 bits per heavy atom. The van der Waals surface area contributed by atoms with Gasteiger partial charge in [-0.3, -0.25) is 19.3 Å². The molecular formula is C19H12Cl2N2O5S.